The number of hydrogen-bond acceptors (Lipinski definition) is 3. The van der Waals surface area contributed by atoms with Gasteiger partial charge in [-0.25, -0.2) is 0 Å². The van der Waals surface area contributed by atoms with Gasteiger partial charge in [-0.2, -0.15) is 0 Å². The molecule has 0 saturated carbocycles. The monoisotopic (exact) mass is 218 g/mol. The van der Waals surface area contributed by atoms with Crippen molar-refractivity contribution in [3.05, 3.63) is 46.2 Å². The normalized spacial score (nSPS) is 12.9. The Bertz CT molecular complexity index is 575. The summed E-state index contributed by atoms with van der Waals surface area (Å²) in [4.78, 5) is 12.0. The molecule has 3 N–H and O–H groups in total. The summed E-state index contributed by atoms with van der Waals surface area (Å²) < 4.78 is 1.56. The zero-order valence-corrected chi connectivity index (χ0v) is 9.05. The second-order valence-corrected chi connectivity index (χ2v) is 3.81. The van der Waals surface area contributed by atoms with E-state index in [1.807, 2.05) is 24.3 Å². The van der Waals surface area contributed by atoms with Crippen molar-refractivity contribution in [3.8, 4) is 0 Å². The third-order valence-corrected chi connectivity index (χ3v) is 2.76. The minimum Gasteiger partial charge on any atom is -0.394 e. The molecule has 0 fully saturated rings. The standard InChI is InChI=1S/C12H14N2O2/c1-14-11-5-3-2-4-8(11)6-9(12(14)16)10(13)7-15/h2-6,10,15H,7,13H2,1H3. The smallest absolute Gasteiger partial charge is 0.255 e. The van der Waals surface area contributed by atoms with Crippen LogP contribution in [-0.4, -0.2) is 16.3 Å². The van der Waals surface area contributed by atoms with E-state index >= 15 is 0 Å². The summed E-state index contributed by atoms with van der Waals surface area (Å²) in [6.45, 7) is -0.229. The highest BCUT2D eigenvalue weighted by molar-refractivity contribution is 5.79. The van der Waals surface area contributed by atoms with Crippen molar-refractivity contribution in [2.75, 3.05) is 6.61 Å². The Morgan fingerprint density at radius 3 is 2.81 bits per heavy atom. The predicted octanol–water partition coefficient (Wildman–Crippen LogP) is 0.531. The molecular weight excluding hydrogens is 204 g/mol. The van der Waals surface area contributed by atoms with E-state index in [0.29, 0.717) is 5.56 Å². The maximum Gasteiger partial charge on any atom is 0.255 e. The second kappa shape index (κ2) is 4.08. The van der Waals surface area contributed by atoms with Crippen molar-refractivity contribution in [1.29, 1.82) is 0 Å². The number of aliphatic hydroxyl groups excluding tert-OH is 1. The molecular formula is C12H14N2O2. The van der Waals surface area contributed by atoms with Gasteiger partial charge >= 0.3 is 0 Å². The van der Waals surface area contributed by atoms with Gasteiger partial charge in [0.15, 0.2) is 0 Å². The average molecular weight is 218 g/mol. The van der Waals surface area contributed by atoms with Crippen molar-refractivity contribution in [3.63, 3.8) is 0 Å². The lowest BCUT2D eigenvalue weighted by Crippen LogP contribution is -2.28. The van der Waals surface area contributed by atoms with E-state index in [4.69, 9.17) is 10.8 Å². The van der Waals surface area contributed by atoms with Gasteiger partial charge in [0.25, 0.3) is 5.56 Å². The topological polar surface area (TPSA) is 68.2 Å². The largest absolute Gasteiger partial charge is 0.394 e. The van der Waals surface area contributed by atoms with E-state index in [9.17, 15) is 4.79 Å². The van der Waals surface area contributed by atoms with Crippen LogP contribution in [0.15, 0.2) is 35.1 Å². The van der Waals surface area contributed by atoms with Crippen LogP contribution in [0.25, 0.3) is 10.9 Å². The van der Waals surface area contributed by atoms with E-state index in [1.165, 1.54) is 0 Å². The summed E-state index contributed by atoms with van der Waals surface area (Å²) in [7, 11) is 1.71. The lowest BCUT2D eigenvalue weighted by Gasteiger charge is -2.12. The number of nitrogens with zero attached hydrogens (tertiary/aromatic N) is 1. The van der Waals surface area contributed by atoms with Gasteiger partial charge in [-0.1, -0.05) is 18.2 Å². The molecule has 1 unspecified atom stereocenters. The van der Waals surface area contributed by atoms with Gasteiger partial charge in [-0.3, -0.25) is 4.79 Å². The first-order chi connectivity index (χ1) is 7.65. The Hall–Kier alpha value is -1.65. The fraction of sp³-hybridized carbons (Fsp3) is 0.250. The fourth-order valence-electron chi connectivity index (χ4n) is 1.81. The summed E-state index contributed by atoms with van der Waals surface area (Å²) in [5.41, 5.74) is 6.85. The Balaban J connectivity index is 2.79. The summed E-state index contributed by atoms with van der Waals surface area (Å²) in [6.07, 6.45) is 0. The third kappa shape index (κ3) is 1.62. The second-order valence-electron chi connectivity index (χ2n) is 3.81. The van der Waals surface area contributed by atoms with E-state index in [-0.39, 0.29) is 12.2 Å². The van der Waals surface area contributed by atoms with Crippen molar-refractivity contribution in [2.24, 2.45) is 12.8 Å². The molecule has 0 spiro atoms. The number of rotatable bonds is 2. The van der Waals surface area contributed by atoms with Gasteiger partial charge in [-0.05, 0) is 17.5 Å². The Kier molecular flexibility index (Phi) is 2.77. The van der Waals surface area contributed by atoms with Crippen LogP contribution < -0.4 is 11.3 Å². The number of nitrogens with two attached hydrogens (primary N) is 1. The predicted molar refractivity (Wildman–Crippen MR) is 63.2 cm³/mol. The van der Waals surface area contributed by atoms with Crippen molar-refractivity contribution >= 4 is 10.9 Å². The van der Waals surface area contributed by atoms with Crippen molar-refractivity contribution in [2.45, 2.75) is 6.04 Å². The molecule has 84 valence electrons. The highest BCUT2D eigenvalue weighted by atomic mass is 16.3. The van der Waals surface area contributed by atoms with Crippen LogP contribution in [0.5, 0.6) is 0 Å². The first kappa shape index (κ1) is 10.9. The Labute approximate surface area is 92.9 Å². The third-order valence-electron chi connectivity index (χ3n) is 2.76. The van der Waals surface area contributed by atoms with E-state index < -0.39 is 6.04 Å². The van der Waals surface area contributed by atoms with Crippen molar-refractivity contribution < 1.29 is 5.11 Å². The molecule has 2 aromatic rings. The molecule has 0 radical (unpaired) electrons. The van der Waals surface area contributed by atoms with E-state index in [1.54, 1.807) is 17.7 Å². The minimum atomic E-state index is -0.622. The van der Waals surface area contributed by atoms with Gasteiger partial charge < -0.3 is 15.4 Å². The van der Waals surface area contributed by atoms with Gasteiger partial charge in [0.05, 0.1) is 18.2 Å². The molecule has 2 rings (SSSR count). The average Bonchev–Trinajstić information content (AvgIpc) is 2.33. The minimum absolute atomic E-state index is 0.153. The van der Waals surface area contributed by atoms with E-state index in [0.717, 1.165) is 10.9 Å². The number of aliphatic hydroxyl groups is 1. The molecule has 4 heteroatoms. The highest BCUT2D eigenvalue weighted by Crippen LogP contribution is 2.15. The lowest BCUT2D eigenvalue weighted by atomic mass is 10.1. The van der Waals surface area contributed by atoms with Crippen LogP contribution in [0.2, 0.25) is 0 Å². The summed E-state index contributed by atoms with van der Waals surface area (Å²) in [6, 6.07) is 8.71. The van der Waals surface area contributed by atoms with E-state index in [2.05, 4.69) is 0 Å². The first-order valence-corrected chi connectivity index (χ1v) is 5.10. The summed E-state index contributed by atoms with van der Waals surface area (Å²) >= 11 is 0. The fourth-order valence-corrected chi connectivity index (χ4v) is 1.81. The SMILES string of the molecule is Cn1c(=O)c(C(N)CO)cc2ccccc21. The molecule has 0 aliphatic rings. The molecule has 0 saturated heterocycles. The molecule has 1 heterocycles. The Morgan fingerprint density at radius 1 is 1.44 bits per heavy atom. The highest BCUT2D eigenvalue weighted by Gasteiger charge is 2.12. The van der Waals surface area contributed by atoms with Crippen LogP contribution in [0.1, 0.15) is 11.6 Å². The molecule has 4 nitrogen and oxygen atoms in total. The first-order valence-electron chi connectivity index (χ1n) is 5.10. The molecule has 0 amide bonds. The molecule has 16 heavy (non-hydrogen) atoms. The molecule has 0 aliphatic heterocycles. The Morgan fingerprint density at radius 2 is 2.12 bits per heavy atom. The number of fused-ring (bicyclic) bond motifs is 1. The number of hydrogen-bond donors (Lipinski definition) is 2. The van der Waals surface area contributed by atoms with Crippen LogP contribution in [0.4, 0.5) is 0 Å². The maximum atomic E-state index is 12.0. The van der Waals surface area contributed by atoms with Gasteiger partial charge in [0, 0.05) is 12.6 Å². The van der Waals surface area contributed by atoms with Gasteiger partial charge in [-0.15, -0.1) is 0 Å². The van der Waals surface area contributed by atoms with Crippen LogP contribution in [0, 0.1) is 0 Å². The summed E-state index contributed by atoms with van der Waals surface area (Å²) in [5.74, 6) is 0. The molecule has 0 bridgehead atoms. The van der Waals surface area contributed by atoms with Gasteiger partial charge in [0.2, 0.25) is 0 Å². The molecule has 0 aliphatic carbocycles. The van der Waals surface area contributed by atoms with Crippen LogP contribution in [-0.2, 0) is 7.05 Å². The number of aryl methyl sites for hydroxylation is 1. The lowest BCUT2D eigenvalue weighted by molar-refractivity contribution is 0.267. The molecule has 1 aromatic heterocycles. The van der Waals surface area contributed by atoms with Crippen LogP contribution in [0.3, 0.4) is 0 Å². The van der Waals surface area contributed by atoms with Crippen molar-refractivity contribution in [1.82, 2.24) is 4.57 Å². The molecule has 1 atom stereocenters. The summed E-state index contributed by atoms with van der Waals surface area (Å²) in [5, 5.41) is 9.95. The van der Waals surface area contributed by atoms with Gasteiger partial charge in [0.1, 0.15) is 0 Å². The molecule has 1 aromatic carbocycles. The number of benzene rings is 1. The number of pyridine rings is 1. The quantitative estimate of drug-likeness (QED) is 0.772. The zero-order chi connectivity index (χ0) is 11.7. The zero-order valence-electron chi connectivity index (χ0n) is 9.05. The number of aromatic nitrogens is 1. The maximum absolute atomic E-state index is 12.0. The number of para-hydroxylation sites is 1. The van der Waals surface area contributed by atoms with Crippen LogP contribution >= 0.6 is 0 Å².